The Labute approximate surface area is 193 Å². The number of halogens is 4. The third-order valence-corrected chi connectivity index (χ3v) is 7.85. The molecule has 1 amide bonds. The van der Waals surface area contributed by atoms with Crippen LogP contribution in [0.5, 0.6) is 0 Å². The highest BCUT2D eigenvalue weighted by Gasteiger charge is 2.71. The Morgan fingerprint density at radius 3 is 2.48 bits per heavy atom. The van der Waals surface area contributed by atoms with Crippen molar-refractivity contribution in [2.24, 2.45) is 17.3 Å². The third-order valence-electron chi connectivity index (χ3n) is 7.62. The largest absolute Gasteiger partial charge is 0.453 e. The predicted octanol–water partition coefficient (Wildman–Crippen LogP) is 4.52. The van der Waals surface area contributed by atoms with E-state index in [0.29, 0.717) is 19.3 Å². The van der Waals surface area contributed by atoms with E-state index in [4.69, 9.17) is 21.1 Å². The summed E-state index contributed by atoms with van der Waals surface area (Å²) in [5.41, 5.74) is -6.30. The fourth-order valence-electron chi connectivity index (χ4n) is 5.13. The van der Waals surface area contributed by atoms with E-state index >= 15 is 0 Å². The van der Waals surface area contributed by atoms with Crippen LogP contribution in [0.1, 0.15) is 45.1 Å². The van der Waals surface area contributed by atoms with Gasteiger partial charge in [0, 0.05) is 22.4 Å². The summed E-state index contributed by atoms with van der Waals surface area (Å²) in [6.45, 7) is 3.44. The van der Waals surface area contributed by atoms with Gasteiger partial charge in [-0.3, -0.25) is 4.79 Å². The first-order valence-corrected chi connectivity index (χ1v) is 11.1. The monoisotopic (exact) mass is 483 g/mol. The fraction of sp³-hybridized carbons (Fsp3) is 0.565. The zero-order valence-corrected chi connectivity index (χ0v) is 18.6. The lowest BCUT2D eigenvalue weighted by atomic mass is 9.78. The molecule has 2 unspecified atom stereocenters. The normalized spacial score (nSPS) is 36.0. The van der Waals surface area contributed by atoms with E-state index in [9.17, 15) is 27.9 Å². The highest BCUT2D eigenvalue weighted by Crippen LogP contribution is 2.60. The number of nitrogens with zero attached hydrogens (tertiary/aromatic N) is 1. The minimum atomic E-state index is -5.07. The van der Waals surface area contributed by atoms with Crippen molar-refractivity contribution in [1.29, 1.82) is 0 Å². The minimum absolute atomic E-state index is 0.0183. The van der Waals surface area contributed by atoms with Gasteiger partial charge in [-0.05, 0) is 56.7 Å². The summed E-state index contributed by atoms with van der Waals surface area (Å²) in [6.07, 6.45) is -6.26. The second-order valence-electron chi connectivity index (χ2n) is 9.48. The zero-order valence-electron chi connectivity index (χ0n) is 17.8. The summed E-state index contributed by atoms with van der Waals surface area (Å²) in [5.74, 6) is 3.53. The lowest BCUT2D eigenvalue weighted by Crippen LogP contribution is -2.61. The van der Waals surface area contributed by atoms with Crippen molar-refractivity contribution in [3.63, 3.8) is 0 Å². The van der Waals surface area contributed by atoms with Crippen molar-refractivity contribution < 1.29 is 37.3 Å². The van der Waals surface area contributed by atoms with Gasteiger partial charge in [0.15, 0.2) is 11.8 Å². The molecular weight excluding hydrogens is 463 g/mol. The Morgan fingerprint density at radius 1 is 1.24 bits per heavy atom. The Bertz CT molecular complexity index is 1130. The molecule has 2 heterocycles. The molecule has 2 aliphatic heterocycles. The maximum absolute atomic E-state index is 14.4. The van der Waals surface area contributed by atoms with Crippen molar-refractivity contribution in [3.8, 4) is 11.8 Å². The van der Waals surface area contributed by atoms with Crippen molar-refractivity contribution in [2.75, 3.05) is 4.90 Å². The molecule has 5 rings (SSSR count). The van der Waals surface area contributed by atoms with Gasteiger partial charge in [-0.25, -0.2) is 9.69 Å². The van der Waals surface area contributed by atoms with Crippen LogP contribution in [0.3, 0.4) is 0 Å². The molecule has 4 aliphatic rings. The van der Waals surface area contributed by atoms with Crippen LogP contribution in [0.15, 0.2) is 18.2 Å². The molecule has 2 saturated carbocycles. The van der Waals surface area contributed by atoms with Gasteiger partial charge in [0.1, 0.15) is 0 Å². The smallest absolute Gasteiger partial charge is 0.445 e. The quantitative estimate of drug-likeness (QED) is 0.494. The van der Waals surface area contributed by atoms with E-state index < -0.39 is 52.6 Å². The van der Waals surface area contributed by atoms with Crippen molar-refractivity contribution in [2.45, 2.75) is 63.1 Å². The number of rotatable bonds is 2. The third kappa shape index (κ3) is 2.93. The predicted molar refractivity (Wildman–Crippen MR) is 110 cm³/mol. The number of carbonyl (C=O) groups is 2. The first-order chi connectivity index (χ1) is 15.4. The fourth-order valence-corrected chi connectivity index (χ4v) is 5.30. The van der Waals surface area contributed by atoms with Gasteiger partial charge >= 0.3 is 18.2 Å². The van der Waals surface area contributed by atoms with Gasteiger partial charge in [0.25, 0.3) is 5.60 Å². The van der Waals surface area contributed by atoms with Crippen molar-refractivity contribution >= 4 is 29.4 Å². The molecule has 3 fully saturated rings. The van der Waals surface area contributed by atoms with Crippen LogP contribution in [0.25, 0.3) is 0 Å². The number of hydrogen-bond acceptors (Lipinski definition) is 5. The minimum Gasteiger partial charge on any atom is -0.453 e. The molecule has 0 spiro atoms. The van der Waals surface area contributed by atoms with Crippen LogP contribution >= 0.6 is 11.6 Å². The number of benzene rings is 1. The summed E-state index contributed by atoms with van der Waals surface area (Å²) >= 11 is 6.04. The van der Waals surface area contributed by atoms with Crippen LogP contribution < -0.4 is 4.90 Å². The van der Waals surface area contributed by atoms with Crippen LogP contribution in [0, 0.1) is 29.1 Å². The van der Waals surface area contributed by atoms with Crippen molar-refractivity contribution in [3.05, 3.63) is 28.8 Å². The molecule has 176 valence electrons. The van der Waals surface area contributed by atoms with Crippen LogP contribution in [0.2, 0.25) is 5.02 Å². The molecule has 10 heteroatoms. The SMILES string of the molecule is CC1[C@]2(C(O)N3C(=O)O[C@](C#CC4CC4)(C(F)(F)F)c4cc(Cl)ccc43)CC[C@@]1(C)C(=O)O2. The molecule has 1 N–H and O–H groups in total. The van der Waals surface area contributed by atoms with E-state index in [-0.39, 0.29) is 23.0 Å². The first-order valence-electron chi connectivity index (χ1n) is 10.7. The number of aliphatic hydroxyl groups is 1. The Kier molecular flexibility index (Phi) is 4.60. The van der Waals surface area contributed by atoms with Gasteiger partial charge in [0.05, 0.1) is 11.1 Å². The Hall–Kier alpha value is -2.44. The molecule has 1 aromatic carbocycles. The molecule has 1 aromatic rings. The molecular formula is C23H21ClF3NO5. The van der Waals surface area contributed by atoms with Crippen molar-refractivity contribution in [1.82, 2.24) is 0 Å². The van der Waals surface area contributed by atoms with Gasteiger partial charge < -0.3 is 14.6 Å². The van der Waals surface area contributed by atoms with Crippen LogP contribution in [-0.2, 0) is 19.9 Å². The van der Waals surface area contributed by atoms with E-state index in [1.165, 1.54) is 12.1 Å². The van der Waals surface area contributed by atoms with E-state index in [2.05, 4.69) is 11.8 Å². The topological polar surface area (TPSA) is 76.1 Å². The number of cyclic esters (lactones) is 1. The molecule has 5 atom stereocenters. The van der Waals surface area contributed by atoms with Gasteiger partial charge in [0.2, 0.25) is 0 Å². The second kappa shape index (κ2) is 6.80. The number of fused-ring (bicyclic) bond motifs is 3. The van der Waals surface area contributed by atoms with E-state index in [1.807, 2.05) is 0 Å². The maximum Gasteiger partial charge on any atom is 0.445 e. The second-order valence-corrected chi connectivity index (χ2v) is 9.92. The van der Waals surface area contributed by atoms with E-state index in [1.54, 1.807) is 13.8 Å². The van der Waals surface area contributed by atoms with Gasteiger partial charge in [-0.2, -0.15) is 13.2 Å². The Balaban J connectivity index is 1.66. The molecule has 0 aromatic heterocycles. The summed E-state index contributed by atoms with van der Waals surface area (Å²) in [6, 6.07) is 3.57. The maximum atomic E-state index is 14.4. The number of carbonyl (C=O) groups excluding carboxylic acids is 2. The number of esters is 1. The molecule has 33 heavy (non-hydrogen) atoms. The molecule has 1 saturated heterocycles. The van der Waals surface area contributed by atoms with Crippen LogP contribution in [-0.4, -0.2) is 35.2 Å². The molecule has 6 nitrogen and oxygen atoms in total. The number of ether oxygens (including phenoxy) is 2. The number of amides is 1. The Morgan fingerprint density at radius 2 is 1.94 bits per heavy atom. The lowest BCUT2D eigenvalue weighted by molar-refractivity contribution is -0.241. The average Bonchev–Trinajstić information content (AvgIpc) is 3.50. The number of aliphatic hydroxyl groups excluding tert-OH is 1. The highest BCUT2D eigenvalue weighted by atomic mass is 35.5. The zero-order chi connectivity index (χ0) is 24.0. The summed E-state index contributed by atoms with van der Waals surface area (Å²) in [4.78, 5) is 26.3. The molecule has 0 radical (unpaired) electrons. The average molecular weight is 484 g/mol. The van der Waals surface area contributed by atoms with E-state index in [0.717, 1.165) is 11.0 Å². The summed E-state index contributed by atoms with van der Waals surface area (Å²) in [5, 5.41) is 11.3. The lowest BCUT2D eigenvalue weighted by Gasteiger charge is -2.45. The summed E-state index contributed by atoms with van der Waals surface area (Å²) < 4.78 is 53.8. The first kappa shape index (κ1) is 22.4. The summed E-state index contributed by atoms with van der Waals surface area (Å²) in [7, 11) is 0. The number of hydrogen-bond donors (Lipinski definition) is 1. The number of anilines is 1. The standard InChI is InChI=1S/C23H21ClF3NO5/c1-12-20(2)9-10-21(12,32-18(20)30)17(29)28-16-6-5-14(24)11-15(16)22(23(25,26)27,33-19(28)31)8-7-13-3-4-13/h5-6,11-13,17,29H,3-4,9-10H2,1-2H3/t12?,17?,20-,21+,22+/m1/s1. The molecule has 2 aliphatic carbocycles. The molecule has 2 bridgehead atoms. The van der Waals surface area contributed by atoms with Gasteiger partial charge in [-0.1, -0.05) is 24.4 Å². The number of alkyl halides is 3. The van der Waals surface area contributed by atoms with Crippen LogP contribution in [0.4, 0.5) is 23.7 Å². The highest BCUT2D eigenvalue weighted by molar-refractivity contribution is 6.30. The van der Waals surface area contributed by atoms with Gasteiger partial charge in [-0.15, -0.1) is 0 Å².